The van der Waals surface area contributed by atoms with E-state index in [1.54, 1.807) is 13.8 Å². The number of piperazine rings is 1. The number of hydrogen-bond acceptors (Lipinski definition) is 4. The van der Waals surface area contributed by atoms with Gasteiger partial charge in [-0.1, -0.05) is 11.6 Å². The van der Waals surface area contributed by atoms with Gasteiger partial charge in [0, 0.05) is 23.8 Å². The van der Waals surface area contributed by atoms with Gasteiger partial charge in [-0.05, 0) is 41.9 Å². The third kappa shape index (κ3) is 2.77. The molecule has 1 fully saturated rings. The Labute approximate surface area is 136 Å². The van der Waals surface area contributed by atoms with Gasteiger partial charge >= 0.3 is 0 Å². The molecular weight excluding hydrogens is 382 g/mol. The Morgan fingerprint density at radius 3 is 2.67 bits per heavy atom. The van der Waals surface area contributed by atoms with Crippen molar-refractivity contribution in [3.63, 3.8) is 0 Å². The molecule has 1 amide bonds. The van der Waals surface area contributed by atoms with Crippen molar-refractivity contribution in [2.75, 3.05) is 18.8 Å². The predicted molar refractivity (Wildman–Crippen MR) is 84.5 cm³/mol. The number of carbonyl (C=O) groups is 1. The molecule has 116 valence electrons. The van der Waals surface area contributed by atoms with Crippen LogP contribution in [0.3, 0.4) is 0 Å². The number of benzene rings is 1. The minimum Gasteiger partial charge on any atom is -0.398 e. The molecule has 2 rings (SSSR count). The second kappa shape index (κ2) is 5.42. The van der Waals surface area contributed by atoms with Gasteiger partial charge in [0.15, 0.2) is 0 Å². The molecule has 3 N–H and O–H groups in total. The third-order valence-electron chi connectivity index (χ3n) is 3.38. The molecule has 0 saturated carbocycles. The standard InChI is InChI=1S/C12H15BrClN3O3S/c1-12(2)11(18)16-3-4-17(12)21(19,20)9-6-7(14)5-8(15)10(9)13/h5-6H,3-4,15H2,1-2H3,(H,16,18). The van der Waals surface area contributed by atoms with E-state index in [0.717, 1.165) is 4.31 Å². The summed E-state index contributed by atoms with van der Waals surface area (Å²) >= 11 is 9.08. The molecule has 0 radical (unpaired) electrons. The van der Waals surface area contributed by atoms with Crippen molar-refractivity contribution in [1.29, 1.82) is 0 Å². The number of nitrogens with one attached hydrogen (secondary N) is 1. The summed E-state index contributed by atoms with van der Waals surface area (Å²) in [7, 11) is -3.92. The molecule has 1 aromatic rings. The number of sulfonamides is 1. The van der Waals surface area contributed by atoms with Crippen LogP contribution in [-0.4, -0.2) is 37.3 Å². The minimum absolute atomic E-state index is 0.0460. The Morgan fingerprint density at radius 2 is 2.05 bits per heavy atom. The first-order chi connectivity index (χ1) is 9.58. The number of nitrogen functional groups attached to an aromatic ring is 1. The fraction of sp³-hybridized carbons (Fsp3) is 0.417. The Morgan fingerprint density at radius 1 is 1.43 bits per heavy atom. The molecule has 0 bridgehead atoms. The van der Waals surface area contributed by atoms with E-state index >= 15 is 0 Å². The smallest absolute Gasteiger partial charge is 0.245 e. The Kier molecular flexibility index (Phi) is 4.27. The average Bonchev–Trinajstić information content (AvgIpc) is 2.36. The molecule has 1 heterocycles. The summed E-state index contributed by atoms with van der Waals surface area (Å²) in [5.41, 5.74) is 4.78. The zero-order valence-corrected chi connectivity index (χ0v) is 14.6. The van der Waals surface area contributed by atoms with Gasteiger partial charge in [-0.25, -0.2) is 8.42 Å². The maximum Gasteiger partial charge on any atom is 0.245 e. The maximum atomic E-state index is 12.9. The molecule has 9 heteroatoms. The lowest BCUT2D eigenvalue weighted by Gasteiger charge is -2.40. The number of carbonyl (C=O) groups excluding carboxylic acids is 1. The van der Waals surface area contributed by atoms with Crippen LogP contribution in [0.4, 0.5) is 5.69 Å². The molecule has 0 atom stereocenters. The van der Waals surface area contributed by atoms with Crippen LogP contribution in [0.2, 0.25) is 5.02 Å². The van der Waals surface area contributed by atoms with Crippen molar-refractivity contribution < 1.29 is 13.2 Å². The van der Waals surface area contributed by atoms with E-state index < -0.39 is 15.6 Å². The fourth-order valence-corrected chi connectivity index (χ4v) is 5.20. The van der Waals surface area contributed by atoms with Crippen LogP contribution in [0.15, 0.2) is 21.5 Å². The van der Waals surface area contributed by atoms with E-state index in [2.05, 4.69) is 21.2 Å². The van der Waals surface area contributed by atoms with E-state index in [4.69, 9.17) is 17.3 Å². The molecule has 6 nitrogen and oxygen atoms in total. The van der Waals surface area contributed by atoms with Crippen molar-refractivity contribution in [2.24, 2.45) is 0 Å². The first-order valence-corrected chi connectivity index (χ1v) is 8.75. The van der Waals surface area contributed by atoms with Gasteiger partial charge in [-0.3, -0.25) is 4.79 Å². The molecular formula is C12H15BrClN3O3S. The van der Waals surface area contributed by atoms with Crippen molar-refractivity contribution in [3.05, 3.63) is 21.6 Å². The highest BCUT2D eigenvalue weighted by Crippen LogP contribution is 2.35. The van der Waals surface area contributed by atoms with Crippen LogP contribution in [0.1, 0.15) is 13.8 Å². The summed E-state index contributed by atoms with van der Waals surface area (Å²) in [6.07, 6.45) is 0. The Balaban J connectivity index is 2.60. The molecule has 1 aliphatic rings. The zero-order chi connectivity index (χ0) is 16.0. The zero-order valence-electron chi connectivity index (χ0n) is 11.5. The molecule has 21 heavy (non-hydrogen) atoms. The quantitative estimate of drug-likeness (QED) is 0.742. The second-order valence-electron chi connectivity index (χ2n) is 5.20. The molecule has 0 aliphatic carbocycles. The van der Waals surface area contributed by atoms with E-state index in [0.29, 0.717) is 0 Å². The maximum absolute atomic E-state index is 12.9. The predicted octanol–water partition coefficient (Wildman–Crippen LogP) is 1.58. The highest BCUT2D eigenvalue weighted by molar-refractivity contribution is 9.10. The fourth-order valence-electron chi connectivity index (χ4n) is 2.19. The lowest BCUT2D eigenvalue weighted by Crippen LogP contribution is -2.63. The highest BCUT2D eigenvalue weighted by atomic mass is 79.9. The van der Waals surface area contributed by atoms with Gasteiger partial charge in [0.05, 0.1) is 9.37 Å². The van der Waals surface area contributed by atoms with E-state index in [9.17, 15) is 13.2 Å². The Hall–Kier alpha value is -0.830. The van der Waals surface area contributed by atoms with Crippen LogP contribution < -0.4 is 11.1 Å². The first-order valence-electron chi connectivity index (χ1n) is 6.14. The van der Waals surface area contributed by atoms with Crippen molar-refractivity contribution >= 4 is 49.1 Å². The van der Waals surface area contributed by atoms with E-state index in [1.807, 2.05) is 0 Å². The average molecular weight is 397 g/mol. The highest BCUT2D eigenvalue weighted by Gasteiger charge is 2.45. The molecule has 0 unspecified atom stereocenters. The summed E-state index contributed by atoms with van der Waals surface area (Å²) in [5, 5.41) is 2.87. The molecule has 0 aromatic heterocycles. The summed E-state index contributed by atoms with van der Waals surface area (Å²) < 4.78 is 27.2. The van der Waals surface area contributed by atoms with Crippen molar-refractivity contribution in [2.45, 2.75) is 24.3 Å². The van der Waals surface area contributed by atoms with Crippen LogP contribution in [-0.2, 0) is 14.8 Å². The summed E-state index contributed by atoms with van der Waals surface area (Å²) in [6.45, 7) is 3.55. The van der Waals surface area contributed by atoms with Crippen LogP contribution in [0.25, 0.3) is 0 Å². The number of nitrogens with two attached hydrogens (primary N) is 1. The number of rotatable bonds is 2. The number of amides is 1. The van der Waals surface area contributed by atoms with Gasteiger partial charge in [-0.2, -0.15) is 4.31 Å². The number of anilines is 1. The Bertz CT molecular complexity index is 706. The lowest BCUT2D eigenvalue weighted by molar-refractivity contribution is -0.131. The second-order valence-corrected chi connectivity index (χ2v) is 8.26. The molecule has 1 aromatic carbocycles. The largest absolute Gasteiger partial charge is 0.398 e. The van der Waals surface area contributed by atoms with E-state index in [-0.39, 0.29) is 39.1 Å². The first kappa shape index (κ1) is 16.5. The number of hydrogen-bond donors (Lipinski definition) is 2. The lowest BCUT2D eigenvalue weighted by atomic mass is 10.0. The monoisotopic (exact) mass is 395 g/mol. The minimum atomic E-state index is -3.92. The topological polar surface area (TPSA) is 92.5 Å². The van der Waals surface area contributed by atoms with Crippen LogP contribution >= 0.6 is 27.5 Å². The van der Waals surface area contributed by atoms with Crippen LogP contribution in [0, 0.1) is 0 Å². The number of halogens is 2. The third-order valence-corrected chi connectivity index (χ3v) is 6.84. The number of nitrogens with zero attached hydrogens (tertiary/aromatic N) is 1. The molecule has 1 saturated heterocycles. The SMILES string of the molecule is CC1(C)C(=O)NCCN1S(=O)(=O)c1cc(Cl)cc(N)c1Br. The van der Waals surface area contributed by atoms with E-state index in [1.165, 1.54) is 12.1 Å². The van der Waals surface area contributed by atoms with Gasteiger partial charge in [0.1, 0.15) is 5.54 Å². The van der Waals surface area contributed by atoms with Crippen molar-refractivity contribution in [3.8, 4) is 0 Å². The van der Waals surface area contributed by atoms with Gasteiger partial charge in [0.25, 0.3) is 0 Å². The summed E-state index contributed by atoms with van der Waals surface area (Å²) in [4.78, 5) is 11.9. The summed E-state index contributed by atoms with van der Waals surface area (Å²) in [5.74, 6) is -0.344. The van der Waals surface area contributed by atoms with Gasteiger partial charge in [-0.15, -0.1) is 0 Å². The van der Waals surface area contributed by atoms with Crippen molar-refractivity contribution in [1.82, 2.24) is 9.62 Å². The molecule has 0 spiro atoms. The van der Waals surface area contributed by atoms with Gasteiger partial charge < -0.3 is 11.1 Å². The van der Waals surface area contributed by atoms with Gasteiger partial charge in [0.2, 0.25) is 15.9 Å². The normalized spacial score (nSPS) is 19.3. The molecule has 1 aliphatic heterocycles. The van der Waals surface area contributed by atoms with Crippen LogP contribution in [0.5, 0.6) is 0 Å². The summed E-state index contributed by atoms with van der Waals surface area (Å²) in [6, 6.07) is 2.78.